The smallest absolute Gasteiger partial charge is 0.159 e. The van der Waals surface area contributed by atoms with E-state index in [4.69, 9.17) is 0 Å². The van der Waals surface area contributed by atoms with Gasteiger partial charge in [-0.15, -0.1) is 11.3 Å². The van der Waals surface area contributed by atoms with E-state index in [1.165, 1.54) is 10.5 Å². The van der Waals surface area contributed by atoms with E-state index in [1.807, 2.05) is 13.2 Å². The van der Waals surface area contributed by atoms with Gasteiger partial charge in [0.25, 0.3) is 0 Å². The van der Waals surface area contributed by atoms with Crippen molar-refractivity contribution >= 4 is 44.9 Å². The molecule has 0 spiro atoms. The van der Waals surface area contributed by atoms with Crippen LogP contribution >= 0.6 is 39.2 Å². The molecule has 1 aromatic heterocycles. The number of halogens is 1. The summed E-state index contributed by atoms with van der Waals surface area (Å²) in [6, 6.07) is 6.38. The second kappa shape index (κ2) is 6.47. The minimum atomic E-state index is 0.0614. The second-order valence-corrected chi connectivity index (χ2v) is 8.55. The van der Waals surface area contributed by atoms with Crippen LogP contribution in [0.5, 0.6) is 0 Å². The zero-order valence-electron chi connectivity index (χ0n) is 12.0. The Morgan fingerprint density at radius 2 is 2.05 bits per heavy atom. The van der Waals surface area contributed by atoms with Gasteiger partial charge < -0.3 is 5.32 Å². The summed E-state index contributed by atoms with van der Waals surface area (Å²) in [4.78, 5) is 6.64. The second-order valence-electron chi connectivity index (χ2n) is 5.39. The SMILES string of the molecule is CNc1ccc(-c2cnc(Br)s2)c(SNC(C)(C)C)c1. The molecule has 0 amide bonds. The van der Waals surface area contributed by atoms with E-state index in [9.17, 15) is 0 Å². The predicted octanol–water partition coefficient (Wildman–Crippen LogP) is 5.01. The predicted molar refractivity (Wildman–Crippen MR) is 93.5 cm³/mol. The van der Waals surface area contributed by atoms with Gasteiger partial charge in [0.2, 0.25) is 0 Å². The van der Waals surface area contributed by atoms with E-state index in [0.717, 1.165) is 14.5 Å². The number of nitrogens with one attached hydrogen (secondary N) is 2. The molecular formula is C14H18BrN3S2. The van der Waals surface area contributed by atoms with E-state index in [-0.39, 0.29) is 5.54 Å². The highest BCUT2D eigenvalue weighted by atomic mass is 79.9. The fraction of sp³-hybridized carbons (Fsp3) is 0.357. The number of nitrogens with zero attached hydrogens (tertiary/aromatic N) is 1. The molecular weight excluding hydrogens is 354 g/mol. The molecule has 0 aliphatic heterocycles. The van der Waals surface area contributed by atoms with E-state index in [2.05, 4.69) is 69.9 Å². The first kappa shape index (κ1) is 15.8. The lowest BCUT2D eigenvalue weighted by Gasteiger charge is -2.20. The Hall–Kier alpha value is -0.560. The van der Waals surface area contributed by atoms with Gasteiger partial charge in [-0.2, -0.15) is 0 Å². The third-order valence-electron chi connectivity index (χ3n) is 2.48. The van der Waals surface area contributed by atoms with Crippen LogP contribution in [0, 0.1) is 0 Å². The quantitative estimate of drug-likeness (QED) is 0.740. The molecule has 0 atom stereocenters. The molecule has 1 aromatic carbocycles. The first-order valence-electron chi connectivity index (χ1n) is 6.26. The topological polar surface area (TPSA) is 37.0 Å². The van der Waals surface area contributed by atoms with Crippen LogP contribution in [-0.2, 0) is 0 Å². The fourth-order valence-corrected chi connectivity index (χ4v) is 3.81. The van der Waals surface area contributed by atoms with Crippen LogP contribution in [0.4, 0.5) is 5.69 Å². The third kappa shape index (κ3) is 4.22. The van der Waals surface area contributed by atoms with E-state index >= 15 is 0 Å². The third-order valence-corrected chi connectivity index (χ3v) is 5.26. The Bertz CT molecular complexity index is 590. The summed E-state index contributed by atoms with van der Waals surface area (Å²) in [5, 5.41) is 3.19. The molecule has 2 rings (SSSR count). The van der Waals surface area contributed by atoms with Gasteiger partial charge in [-0.1, -0.05) is 6.07 Å². The molecule has 108 valence electrons. The number of hydrogen-bond donors (Lipinski definition) is 2. The average molecular weight is 372 g/mol. The zero-order chi connectivity index (χ0) is 14.8. The van der Waals surface area contributed by atoms with Crippen molar-refractivity contribution in [2.24, 2.45) is 0 Å². The highest BCUT2D eigenvalue weighted by molar-refractivity contribution is 9.11. The zero-order valence-corrected chi connectivity index (χ0v) is 15.2. The van der Waals surface area contributed by atoms with Crippen LogP contribution in [-0.4, -0.2) is 17.6 Å². The first-order chi connectivity index (χ1) is 9.39. The monoisotopic (exact) mass is 371 g/mol. The van der Waals surface area contributed by atoms with E-state index in [1.54, 1.807) is 23.3 Å². The molecule has 1 heterocycles. The lowest BCUT2D eigenvalue weighted by molar-refractivity contribution is 0.535. The minimum absolute atomic E-state index is 0.0614. The normalized spacial score (nSPS) is 11.7. The van der Waals surface area contributed by atoms with Crippen molar-refractivity contribution in [3.8, 4) is 10.4 Å². The number of benzene rings is 1. The lowest BCUT2D eigenvalue weighted by atomic mass is 10.1. The number of thiazole rings is 1. The number of rotatable bonds is 4. The summed E-state index contributed by atoms with van der Waals surface area (Å²) in [7, 11) is 1.93. The molecule has 0 aliphatic rings. The molecule has 2 aromatic rings. The molecule has 20 heavy (non-hydrogen) atoms. The van der Waals surface area contributed by atoms with E-state index in [0.29, 0.717) is 0 Å². The van der Waals surface area contributed by atoms with Gasteiger partial charge >= 0.3 is 0 Å². The van der Waals surface area contributed by atoms with Gasteiger partial charge in [-0.25, -0.2) is 4.98 Å². The van der Waals surface area contributed by atoms with Crippen LogP contribution in [0.2, 0.25) is 0 Å². The highest BCUT2D eigenvalue weighted by Gasteiger charge is 2.14. The molecule has 0 saturated carbocycles. The summed E-state index contributed by atoms with van der Waals surface area (Å²) >= 11 is 6.73. The number of aromatic nitrogens is 1. The van der Waals surface area contributed by atoms with Gasteiger partial charge in [0.1, 0.15) is 0 Å². The summed E-state index contributed by atoms with van der Waals surface area (Å²) in [6.07, 6.45) is 1.91. The molecule has 3 nitrogen and oxygen atoms in total. The molecule has 0 aliphatic carbocycles. The van der Waals surface area contributed by atoms with Crippen molar-refractivity contribution in [1.29, 1.82) is 0 Å². The highest BCUT2D eigenvalue weighted by Crippen LogP contribution is 2.37. The van der Waals surface area contributed by atoms with Gasteiger partial charge in [-0.3, -0.25) is 4.72 Å². The molecule has 2 N–H and O–H groups in total. The van der Waals surface area contributed by atoms with Crippen molar-refractivity contribution in [3.05, 3.63) is 28.3 Å². The Kier molecular flexibility index (Phi) is 5.12. The maximum Gasteiger partial charge on any atom is 0.159 e. The lowest BCUT2D eigenvalue weighted by Crippen LogP contribution is -2.29. The van der Waals surface area contributed by atoms with Gasteiger partial charge in [0.15, 0.2) is 3.92 Å². The maximum absolute atomic E-state index is 4.28. The summed E-state index contributed by atoms with van der Waals surface area (Å²) in [6.45, 7) is 6.47. The summed E-state index contributed by atoms with van der Waals surface area (Å²) in [5.74, 6) is 0. The van der Waals surface area contributed by atoms with Crippen LogP contribution in [0.1, 0.15) is 20.8 Å². The number of anilines is 1. The van der Waals surface area contributed by atoms with Crippen molar-refractivity contribution in [1.82, 2.24) is 9.71 Å². The molecule has 0 unspecified atom stereocenters. The standard InChI is InChI=1S/C14H18BrN3S2/c1-14(2,3)18-20-11-7-9(16-4)5-6-10(11)12-8-17-13(15)19-12/h5-8,16,18H,1-4H3. The number of hydrogen-bond acceptors (Lipinski definition) is 5. The Labute approximate surface area is 136 Å². The maximum atomic E-state index is 4.28. The van der Waals surface area contributed by atoms with Crippen molar-refractivity contribution in [2.75, 3.05) is 12.4 Å². The van der Waals surface area contributed by atoms with Crippen molar-refractivity contribution in [3.63, 3.8) is 0 Å². The summed E-state index contributed by atoms with van der Waals surface area (Å²) < 4.78 is 4.38. The summed E-state index contributed by atoms with van der Waals surface area (Å²) in [5.41, 5.74) is 2.37. The van der Waals surface area contributed by atoms with Crippen molar-refractivity contribution in [2.45, 2.75) is 31.2 Å². The van der Waals surface area contributed by atoms with Crippen molar-refractivity contribution < 1.29 is 0 Å². The largest absolute Gasteiger partial charge is 0.388 e. The molecule has 0 fully saturated rings. The minimum Gasteiger partial charge on any atom is -0.388 e. The first-order valence-corrected chi connectivity index (χ1v) is 8.69. The molecule has 6 heteroatoms. The van der Waals surface area contributed by atoms with Crippen LogP contribution in [0.25, 0.3) is 10.4 Å². The molecule has 0 bridgehead atoms. The van der Waals surface area contributed by atoms with Gasteiger partial charge in [0, 0.05) is 34.9 Å². The van der Waals surface area contributed by atoms with Crippen LogP contribution in [0.15, 0.2) is 33.2 Å². The molecule has 0 saturated heterocycles. The molecule has 0 radical (unpaired) electrons. The Morgan fingerprint density at radius 3 is 2.60 bits per heavy atom. The van der Waals surface area contributed by atoms with Crippen LogP contribution in [0.3, 0.4) is 0 Å². The van der Waals surface area contributed by atoms with Gasteiger partial charge in [-0.05, 0) is 60.8 Å². The van der Waals surface area contributed by atoms with Crippen LogP contribution < -0.4 is 10.0 Å². The fourth-order valence-electron chi connectivity index (χ4n) is 1.55. The Morgan fingerprint density at radius 1 is 1.30 bits per heavy atom. The Balaban J connectivity index is 2.35. The van der Waals surface area contributed by atoms with Gasteiger partial charge in [0.05, 0.1) is 4.88 Å². The van der Waals surface area contributed by atoms with E-state index < -0.39 is 0 Å². The average Bonchev–Trinajstić information content (AvgIpc) is 2.81.